The third-order valence-electron chi connectivity index (χ3n) is 1.81. The number of aromatic nitrogens is 4. The summed E-state index contributed by atoms with van der Waals surface area (Å²) in [5, 5.41) is 7.67. The first-order valence-corrected chi connectivity index (χ1v) is 3.63. The quantitative estimate of drug-likeness (QED) is 0.607. The Morgan fingerprint density at radius 2 is 2.08 bits per heavy atom. The van der Waals surface area contributed by atoms with Crippen molar-refractivity contribution in [2.45, 2.75) is 13.8 Å². The van der Waals surface area contributed by atoms with Crippen molar-refractivity contribution >= 4 is 11.6 Å². The van der Waals surface area contributed by atoms with Gasteiger partial charge in [-0.25, -0.2) is 0 Å². The van der Waals surface area contributed by atoms with Crippen LogP contribution < -0.4 is 5.73 Å². The van der Waals surface area contributed by atoms with Gasteiger partial charge in [-0.15, -0.1) is 10.2 Å². The molecule has 2 N–H and O–H groups in total. The predicted molar refractivity (Wildman–Crippen MR) is 44.7 cm³/mol. The number of rotatable bonds is 0. The van der Waals surface area contributed by atoms with Gasteiger partial charge in [0, 0.05) is 11.9 Å². The number of nitrogen functional groups attached to an aromatic ring is 1. The number of anilines is 1. The Kier molecular flexibility index (Phi) is 1.27. The molecule has 0 spiro atoms. The monoisotopic (exact) mass is 163 g/mol. The average molecular weight is 163 g/mol. The molecular formula is C7H9N5. The topological polar surface area (TPSA) is 69.1 Å². The summed E-state index contributed by atoms with van der Waals surface area (Å²) >= 11 is 0. The molecule has 2 aromatic heterocycles. The molecule has 0 aromatic carbocycles. The maximum Gasteiger partial charge on any atom is 0.226 e. The minimum absolute atomic E-state index is 0.410. The summed E-state index contributed by atoms with van der Waals surface area (Å²) in [5.41, 5.74) is 8.12. The number of aryl methyl sites for hydroxylation is 2. The first kappa shape index (κ1) is 7.02. The zero-order chi connectivity index (χ0) is 8.72. The molecule has 2 heterocycles. The lowest BCUT2D eigenvalue weighted by molar-refractivity contribution is 1.02. The van der Waals surface area contributed by atoms with Crippen LogP contribution in [0, 0.1) is 13.8 Å². The summed E-state index contributed by atoms with van der Waals surface area (Å²) in [6.07, 6.45) is 1.75. The molecule has 0 unspecified atom stereocenters. The third-order valence-corrected chi connectivity index (χ3v) is 1.81. The van der Waals surface area contributed by atoms with Crippen molar-refractivity contribution in [2.24, 2.45) is 0 Å². The summed E-state index contributed by atoms with van der Waals surface area (Å²) in [6, 6.07) is 0. The molecule has 0 aliphatic rings. The fourth-order valence-electron chi connectivity index (χ4n) is 1.18. The van der Waals surface area contributed by atoms with Crippen LogP contribution in [-0.4, -0.2) is 19.6 Å². The molecule has 62 valence electrons. The molecular weight excluding hydrogens is 154 g/mol. The van der Waals surface area contributed by atoms with E-state index in [9.17, 15) is 0 Å². The zero-order valence-electron chi connectivity index (χ0n) is 6.94. The fraction of sp³-hybridized carbons (Fsp3) is 0.286. The molecule has 12 heavy (non-hydrogen) atoms. The number of nitrogens with two attached hydrogens (primary N) is 1. The second-order valence-corrected chi connectivity index (χ2v) is 2.70. The van der Waals surface area contributed by atoms with Gasteiger partial charge in [0.1, 0.15) is 0 Å². The number of hydrogen-bond acceptors (Lipinski definition) is 4. The third kappa shape index (κ3) is 0.761. The largest absolute Gasteiger partial charge is 0.368 e. The van der Waals surface area contributed by atoms with Crippen LogP contribution in [0.5, 0.6) is 0 Å². The second-order valence-electron chi connectivity index (χ2n) is 2.70. The number of hydrogen-bond donors (Lipinski definition) is 1. The fourth-order valence-corrected chi connectivity index (χ4v) is 1.18. The van der Waals surface area contributed by atoms with E-state index in [2.05, 4.69) is 15.2 Å². The Labute approximate surface area is 69.2 Å². The van der Waals surface area contributed by atoms with Crippen LogP contribution >= 0.6 is 0 Å². The maximum atomic E-state index is 5.61. The van der Waals surface area contributed by atoms with Gasteiger partial charge in [-0.3, -0.25) is 9.38 Å². The van der Waals surface area contributed by atoms with E-state index in [0.29, 0.717) is 5.95 Å². The van der Waals surface area contributed by atoms with E-state index in [1.165, 1.54) is 0 Å². The van der Waals surface area contributed by atoms with Gasteiger partial charge in [0.05, 0.1) is 5.69 Å². The lowest BCUT2D eigenvalue weighted by Gasteiger charge is -2.00. The van der Waals surface area contributed by atoms with Crippen molar-refractivity contribution in [3.05, 3.63) is 17.6 Å². The standard InChI is InChI=1S/C7H9N5/c1-4-3-9-5(2)6-10-11-7(8)12(4)6/h3H,1-2H3,(H2,8,11). The molecule has 0 radical (unpaired) electrons. The first-order valence-electron chi connectivity index (χ1n) is 3.63. The van der Waals surface area contributed by atoms with E-state index in [-0.39, 0.29) is 0 Å². The first-order chi connectivity index (χ1) is 5.70. The van der Waals surface area contributed by atoms with E-state index in [4.69, 9.17) is 5.73 Å². The van der Waals surface area contributed by atoms with Gasteiger partial charge >= 0.3 is 0 Å². The Bertz CT molecular complexity index is 431. The molecule has 5 heteroatoms. The zero-order valence-corrected chi connectivity index (χ0v) is 6.94. The van der Waals surface area contributed by atoms with Gasteiger partial charge in [-0.1, -0.05) is 0 Å². The van der Waals surface area contributed by atoms with Crippen molar-refractivity contribution in [3.8, 4) is 0 Å². The summed E-state index contributed by atoms with van der Waals surface area (Å²) < 4.78 is 1.78. The molecule has 2 aromatic rings. The highest BCUT2D eigenvalue weighted by Gasteiger charge is 2.06. The van der Waals surface area contributed by atoms with E-state index >= 15 is 0 Å². The van der Waals surface area contributed by atoms with Gasteiger partial charge in [-0.2, -0.15) is 0 Å². The molecule has 0 bridgehead atoms. The van der Waals surface area contributed by atoms with Crippen molar-refractivity contribution in [2.75, 3.05) is 5.73 Å². The van der Waals surface area contributed by atoms with Gasteiger partial charge in [0.2, 0.25) is 5.95 Å². The average Bonchev–Trinajstić information content (AvgIpc) is 2.42. The molecule has 5 nitrogen and oxygen atoms in total. The van der Waals surface area contributed by atoms with Crippen LogP contribution in [0.3, 0.4) is 0 Å². The van der Waals surface area contributed by atoms with Crippen LogP contribution in [0.1, 0.15) is 11.4 Å². The van der Waals surface area contributed by atoms with Crippen molar-refractivity contribution in [1.82, 2.24) is 19.6 Å². The van der Waals surface area contributed by atoms with Crippen LogP contribution in [0.15, 0.2) is 6.20 Å². The summed E-state index contributed by atoms with van der Waals surface area (Å²) in [6.45, 7) is 3.79. The van der Waals surface area contributed by atoms with Crippen LogP contribution in [-0.2, 0) is 0 Å². The van der Waals surface area contributed by atoms with Gasteiger partial charge in [0.15, 0.2) is 5.65 Å². The highest BCUT2D eigenvalue weighted by atomic mass is 15.3. The molecule has 2 rings (SSSR count). The smallest absolute Gasteiger partial charge is 0.226 e. The predicted octanol–water partition coefficient (Wildman–Crippen LogP) is 0.323. The van der Waals surface area contributed by atoms with Crippen LogP contribution in [0.2, 0.25) is 0 Å². The van der Waals surface area contributed by atoms with E-state index in [1.807, 2.05) is 13.8 Å². The minimum Gasteiger partial charge on any atom is -0.368 e. The lowest BCUT2D eigenvalue weighted by atomic mass is 10.4. The Morgan fingerprint density at radius 3 is 2.75 bits per heavy atom. The highest BCUT2D eigenvalue weighted by molar-refractivity contribution is 5.48. The molecule has 0 atom stereocenters. The summed E-state index contributed by atoms with van der Waals surface area (Å²) in [4.78, 5) is 4.14. The van der Waals surface area contributed by atoms with Crippen LogP contribution in [0.25, 0.3) is 5.65 Å². The van der Waals surface area contributed by atoms with Crippen molar-refractivity contribution < 1.29 is 0 Å². The molecule has 0 aliphatic carbocycles. The van der Waals surface area contributed by atoms with Crippen molar-refractivity contribution in [1.29, 1.82) is 0 Å². The lowest BCUT2D eigenvalue weighted by Crippen LogP contribution is -2.00. The van der Waals surface area contributed by atoms with Crippen molar-refractivity contribution in [3.63, 3.8) is 0 Å². The molecule has 0 saturated carbocycles. The molecule has 0 fully saturated rings. The minimum atomic E-state index is 0.410. The van der Waals surface area contributed by atoms with E-state index in [0.717, 1.165) is 17.0 Å². The van der Waals surface area contributed by atoms with E-state index < -0.39 is 0 Å². The maximum absolute atomic E-state index is 5.61. The Morgan fingerprint density at radius 1 is 1.33 bits per heavy atom. The molecule has 0 saturated heterocycles. The molecule has 0 aliphatic heterocycles. The normalized spacial score (nSPS) is 10.8. The Hall–Kier alpha value is -1.65. The van der Waals surface area contributed by atoms with Gasteiger partial charge < -0.3 is 5.73 Å². The second kappa shape index (κ2) is 2.17. The van der Waals surface area contributed by atoms with Gasteiger partial charge in [-0.05, 0) is 13.8 Å². The number of fused-ring (bicyclic) bond motifs is 1. The summed E-state index contributed by atoms with van der Waals surface area (Å²) in [7, 11) is 0. The highest BCUT2D eigenvalue weighted by Crippen LogP contribution is 2.10. The SMILES string of the molecule is Cc1ncc(C)n2c(N)nnc12. The van der Waals surface area contributed by atoms with Gasteiger partial charge in [0.25, 0.3) is 0 Å². The van der Waals surface area contributed by atoms with E-state index in [1.54, 1.807) is 10.6 Å². The Balaban J connectivity index is 2.98. The van der Waals surface area contributed by atoms with Crippen LogP contribution in [0.4, 0.5) is 5.95 Å². The number of nitrogens with zero attached hydrogens (tertiary/aromatic N) is 4. The summed E-state index contributed by atoms with van der Waals surface area (Å²) in [5.74, 6) is 0.410. The molecule has 0 amide bonds.